The van der Waals surface area contributed by atoms with Crippen LogP contribution in [0.1, 0.15) is 36.1 Å². The van der Waals surface area contributed by atoms with E-state index in [0.29, 0.717) is 22.3 Å². The fraction of sp³-hybridized carbons (Fsp3) is 0.250. The van der Waals surface area contributed by atoms with Crippen molar-refractivity contribution in [2.24, 2.45) is 4.99 Å². The molecule has 1 unspecified atom stereocenters. The number of fused-ring (bicyclic) bond motifs is 1. The lowest BCUT2D eigenvalue weighted by atomic mass is 9.83. The zero-order valence-electron chi connectivity index (χ0n) is 24.5. The Hall–Kier alpha value is -5.37. The second-order valence-corrected chi connectivity index (χ2v) is 11.6. The maximum absolute atomic E-state index is 14.1. The van der Waals surface area contributed by atoms with E-state index in [2.05, 4.69) is 4.99 Å². The quantitative estimate of drug-likeness (QED) is 0.0900. The Morgan fingerprint density at radius 1 is 1.02 bits per heavy atom. The number of nitro groups is 2. The van der Waals surface area contributed by atoms with Gasteiger partial charge in [0.15, 0.2) is 11.6 Å². The van der Waals surface area contributed by atoms with Crippen LogP contribution in [0.4, 0.5) is 5.69 Å². The summed E-state index contributed by atoms with van der Waals surface area (Å²) in [7, 11) is 0. The fourth-order valence-electron chi connectivity index (χ4n) is 5.25. The normalized spacial score (nSPS) is 19.0. The van der Waals surface area contributed by atoms with Crippen LogP contribution >= 0.6 is 11.8 Å². The van der Waals surface area contributed by atoms with Gasteiger partial charge in [0.25, 0.3) is 11.6 Å². The number of aliphatic imine (C=N–C) groups is 1. The molecule has 0 N–H and O–H groups in total. The van der Waals surface area contributed by atoms with Gasteiger partial charge < -0.3 is 9.47 Å². The number of nitrogens with zero attached hydrogens (tertiary/aromatic N) is 4. The fourth-order valence-corrected chi connectivity index (χ4v) is 6.74. The van der Waals surface area contributed by atoms with Gasteiger partial charge in [-0.2, -0.15) is 0 Å². The predicted octanol–water partition coefficient (Wildman–Crippen LogP) is 4.48. The number of benzene rings is 3. The van der Waals surface area contributed by atoms with Crippen LogP contribution in [0.2, 0.25) is 0 Å². The molecule has 236 valence electrons. The minimum Gasteiger partial charge on any atom is -0.461 e. The number of thioether (sulfide) groups is 1. The molecule has 46 heavy (non-hydrogen) atoms. The van der Waals surface area contributed by atoms with Gasteiger partial charge in [-0.3, -0.25) is 39.7 Å². The Kier molecular flexibility index (Phi) is 9.56. The molecule has 1 saturated heterocycles. The summed E-state index contributed by atoms with van der Waals surface area (Å²) in [6, 6.07) is 23.6. The van der Waals surface area contributed by atoms with Gasteiger partial charge in [-0.25, -0.2) is 4.79 Å². The van der Waals surface area contributed by atoms with E-state index >= 15 is 0 Å². The average Bonchev–Trinajstić information content (AvgIpc) is 3.06. The molecule has 2 aliphatic heterocycles. The summed E-state index contributed by atoms with van der Waals surface area (Å²) in [5.41, 5.74) is 0.328. The highest BCUT2D eigenvalue weighted by atomic mass is 32.2. The van der Waals surface area contributed by atoms with Crippen LogP contribution in [0.5, 0.6) is 0 Å². The van der Waals surface area contributed by atoms with Crippen LogP contribution in [0.15, 0.2) is 101 Å². The lowest BCUT2D eigenvalue weighted by Crippen LogP contribution is -2.73. The van der Waals surface area contributed by atoms with E-state index in [1.807, 2.05) is 60.7 Å². The summed E-state index contributed by atoms with van der Waals surface area (Å²) in [6.07, 6.45) is 0.256. The number of β-lactam (4-membered cyclic amide) rings is 1. The van der Waals surface area contributed by atoms with Crippen LogP contribution in [0, 0.1) is 20.2 Å². The number of carbonyl (C=O) groups is 3. The monoisotopic (exact) mass is 644 g/mol. The topological polar surface area (TPSA) is 172 Å². The maximum Gasteiger partial charge on any atom is 0.356 e. The van der Waals surface area contributed by atoms with Gasteiger partial charge in [0.1, 0.15) is 17.7 Å². The summed E-state index contributed by atoms with van der Waals surface area (Å²) in [5, 5.41) is 21.6. The number of non-ortho nitro benzene ring substituents is 1. The van der Waals surface area contributed by atoms with Crippen LogP contribution in [0.25, 0.3) is 0 Å². The molecule has 0 aromatic heterocycles. The van der Waals surface area contributed by atoms with Crippen molar-refractivity contribution in [3.8, 4) is 0 Å². The SMILES string of the molecule is CC(=O)OCC1=C(C(=O)OC(c2ccccc2)c2ccccc2)N2C(=O)C(CC[N+](=O)[O-])(N=Cc3ccc([N+](=O)[O-])cc3)[C@H]2SC1. The van der Waals surface area contributed by atoms with Crippen molar-refractivity contribution >= 4 is 41.5 Å². The molecule has 3 aromatic carbocycles. The van der Waals surface area contributed by atoms with Crippen molar-refractivity contribution in [3.05, 3.63) is 133 Å². The first-order valence-corrected chi connectivity index (χ1v) is 15.2. The van der Waals surface area contributed by atoms with E-state index < -0.39 is 51.3 Å². The number of ether oxygens (including phenoxy) is 2. The summed E-state index contributed by atoms with van der Waals surface area (Å²) >= 11 is 1.23. The van der Waals surface area contributed by atoms with Crippen LogP contribution in [-0.4, -0.2) is 68.6 Å². The van der Waals surface area contributed by atoms with Crippen LogP contribution < -0.4 is 0 Å². The molecule has 0 spiro atoms. The first kappa shape index (κ1) is 32.0. The highest BCUT2D eigenvalue weighted by molar-refractivity contribution is 8.00. The van der Waals surface area contributed by atoms with E-state index in [0.717, 1.165) is 0 Å². The molecule has 14 heteroatoms. The van der Waals surface area contributed by atoms with E-state index in [4.69, 9.17) is 9.47 Å². The Morgan fingerprint density at radius 3 is 2.17 bits per heavy atom. The highest BCUT2D eigenvalue weighted by Crippen LogP contribution is 2.50. The smallest absolute Gasteiger partial charge is 0.356 e. The average molecular weight is 645 g/mol. The molecule has 2 atom stereocenters. The molecular formula is C32H28N4O9S. The summed E-state index contributed by atoms with van der Waals surface area (Å²) in [6.45, 7) is 0.392. The van der Waals surface area contributed by atoms with Crippen molar-refractivity contribution in [3.63, 3.8) is 0 Å². The summed E-state index contributed by atoms with van der Waals surface area (Å²) in [5.74, 6) is -1.92. The molecule has 1 amide bonds. The van der Waals surface area contributed by atoms with E-state index in [1.165, 1.54) is 54.1 Å². The lowest BCUT2D eigenvalue weighted by Gasteiger charge is -2.55. The Labute approximate surface area is 267 Å². The Morgan fingerprint density at radius 2 is 1.63 bits per heavy atom. The van der Waals surface area contributed by atoms with Gasteiger partial charge in [0, 0.05) is 47.9 Å². The second kappa shape index (κ2) is 13.7. The number of carbonyl (C=O) groups excluding carboxylic acids is 3. The van der Waals surface area contributed by atoms with Crippen molar-refractivity contribution < 1.29 is 33.7 Å². The molecule has 2 aliphatic rings. The third kappa shape index (κ3) is 6.66. The minimum atomic E-state index is -1.60. The molecule has 0 bridgehead atoms. The van der Waals surface area contributed by atoms with Gasteiger partial charge in [-0.05, 0) is 28.8 Å². The zero-order valence-corrected chi connectivity index (χ0v) is 25.3. The lowest BCUT2D eigenvalue weighted by molar-refractivity contribution is -0.481. The summed E-state index contributed by atoms with van der Waals surface area (Å²) < 4.78 is 11.3. The molecule has 2 heterocycles. The molecule has 0 aliphatic carbocycles. The van der Waals surface area contributed by atoms with E-state index in [-0.39, 0.29) is 30.2 Å². The number of hydrogen-bond acceptors (Lipinski definition) is 11. The van der Waals surface area contributed by atoms with Gasteiger partial charge in [-0.1, -0.05) is 60.7 Å². The summed E-state index contributed by atoms with van der Waals surface area (Å²) in [4.78, 5) is 66.9. The van der Waals surface area contributed by atoms with Gasteiger partial charge in [0.2, 0.25) is 6.54 Å². The molecule has 13 nitrogen and oxygen atoms in total. The molecule has 0 saturated carbocycles. The van der Waals surface area contributed by atoms with E-state index in [9.17, 15) is 34.6 Å². The van der Waals surface area contributed by atoms with Crippen molar-refractivity contribution in [1.29, 1.82) is 0 Å². The number of amides is 1. The second-order valence-electron chi connectivity index (χ2n) is 10.5. The number of rotatable bonds is 12. The van der Waals surface area contributed by atoms with Gasteiger partial charge >= 0.3 is 11.9 Å². The number of nitro benzene ring substituents is 1. The maximum atomic E-state index is 14.1. The molecule has 1 fully saturated rings. The van der Waals surface area contributed by atoms with Crippen molar-refractivity contribution in [2.75, 3.05) is 18.9 Å². The standard InChI is InChI=1S/C32H28N4O9S/c1-21(37)44-19-25-20-46-31-32(16-17-34(40)41,33-18-22-12-14-26(15-13-22)36(42)43)30(39)35(31)27(25)29(38)45-28(23-8-4-2-5-9-23)24-10-6-3-7-11-24/h2-15,18,28,31H,16-17,19-20H2,1H3/t31-,32?/m1/s1. The van der Waals surface area contributed by atoms with Gasteiger partial charge in [-0.15, -0.1) is 11.8 Å². The number of esters is 2. The minimum absolute atomic E-state index is 0.103. The van der Waals surface area contributed by atoms with Crippen molar-refractivity contribution in [2.45, 2.75) is 30.4 Å². The Balaban J connectivity index is 1.51. The molecule has 5 rings (SSSR count). The van der Waals surface area contributed by atoms with Gasteiger partial charge in [0.05, 0.1) is 4.92 Å². The van der Waals surface area contributed by atoms with Crippen LogP contribution in [-0.2, 0) is 23.9 Å². The molecule has 0 radical (unpaired) electrons. The predicted molar refractivity (Wildman–Crippen MR) is 167 cm³/mol. The number of hydrogen-bond donors (Lipinski definition) is 0. The third-order valence-electron chi connectivity index (χ3n) is 7.52. The van der Waals surface area contributed by atoms with Crippen molar-refractivity contribution in [1.82, 2.24) is 4.90 Å². The molecular weight excluding hydrogens is 616 g/mol. The van der Waals surface area contributed by atoms with E-state index in [1.54, 1.807) is 0 Å². The third-order valence-corrected chi connectivity index (χ3v) is 8.95. The first-order valence-electron chi connectivity index (χ1n) is 14.1. The first-order chi connectivity index (χ1) is 22.1. The Bertz CT molecular complexity index is 1670. The highest BCUT2D eigenvalue weighted by Gasteiger charge is 2.65. The zero-order chi connectivity index (χ0) is 32.8. The van der Waals surface area contributed by atoms with Crippen LogP contribution in [0.3, 0.4) is 0 Å². The largest absolute Gasteiger partial charge is 0.461 e. The molecule has 3 aromatic rings.